The van der Waals surface area contributed by atoms with Gasteiger partial charge < -0.3 is 10.6 Å². The Labute approximate surface area is 189 Å². The predicted molar refractivity (Wildman–Crippen MR) is 129 cm³/mol. The number of nitrogens with one attached hydrogen (secondary N) is 2. The Balaban J connectivity index is 0.00000300. The number of nitrogens with zero attached hydrogens (tertiary/aromatic N) is 4. The fraction of sp³-hybridized carbons (Fsp3) is 0.318. The average Bonchev–Trinajstić information content (AvgIpc) is 3.21. The molecule has 0 amide bonds. The molecule has 0 aliphatic rings. The van der Waals surface area contributed by atoms with E-state index >= 15 is 0 Å². The zero-order valence-electron chi connectivity index (χ0n) is 17.0. The summed E-state index contributed by atoms with van der Waals surface area (Å²) in [6.45, 7) is 5.51. The summed E-state index contributed by atoms with van der Waals surface area (Å²) in [7, 11) is 0. The van der Waals surface area contributed by atoms with Crippen molar-refractivity contribution in [2.24, 2.45) is 4.99 Å². The zero-order valence-corrected chi connectivity index (χ0v) is 19.3. The van der Waals surface area contributed by atoms with Gasteiger partial charge in [0.25, 0.3) is 0 Å². The number of aromatic nitrogens is 3. The Kier molecular flexibility index (Phi) is 9.63. The zero-order chi connectivity index (χ0) is 19.6. The first-order valence-electron chi connectivity index (χ1n) is 9.79. The molecule has 1 unspecified atom stereocenters. The average molecular weight is 504 g/mol. The first-order chi connectivity index (χ1) is 13.8. The molecule has 0 aliphatic heterocycles. The molecule has 154 valence electrons. The molecule has 0 radical (unpaired) electrons. The molecule has 0 bridgehead atoms. The quantitative estimate of drug-likeness (QED) is 0.277. The predicted octanol–water partition coefficient (Wildman–Crippen LogP) is 3.96. The molecule has 0 saturated carbocycles. The molecule has 29 heavy (non-hydrogen) atoms. The number of para-hydroxylation sites is 1. The first-order valence-corrected chi connectivity index (χ1v) is 9.79. The number of benzene rings is 2. The van der Waals surface area contributed by atoms with Crippen molar-refractivity contribution in [3.05, 3.63) is 78.4 Å². The van der Waals surface area contributed by atoms with Gasteiger partial charge in [-0.15, -0.1) is 34.2 Å². The second-order valence-corrected chi connectivity index (χ2v) is 6.72. The third kappa shape index (κ3) is 7.16. The van der Waals surface area contributed by atoms with Crippen LogP contribution in [0.15, 0.2) is 72.0 Å². The SMILES string of the molecule is CCNC(=NCc1nncn1-c1ccccc1)NC(C)CCc1ccccc1.I. The van der Waals surface area contributed by atoms with E-state index in [9.17, 15) is 0 Å². The normalized spacial score (nSPS) is 12.1. The lowest BCUT2D eigenvalue weighted by Crippen LogP contribution is -2.42. The van der Waals surface area contributed by atoms with E-state index < -0.39 is 0 Å². The maximum Gasteiger partial charge on any atom is 0.191 e. The lowest BCUT2D eigenvalue weighted by molar-refractivity contribution is 0.592. The number of guanidine groups is 1. The number of aryl methyl sites for hydroxylation is 1. The molecule has 3 rings (SSSR count). The number of halogens is 1. The second-order valence-electron chi connectivity index (χ2n) is 6.72. The van der Waals surface area contributed by atoms with Crippen molar-refractivity contribution in [3.8, 4) is 5.69 Å². The van der Waals surface area contributed by atoms with Crippen molar-refractivity contribution in [3.63, 3.8) is 0 Å². The minimum absolute atomic E-state index is 0. The largest absolute Gasteiger partial charge is 0.357 e. The van der Waals surface area contributed by atoms with Gasteiger partial charge >= 0.3 is 0 Å². The van der Waals surface area contributed by atoms with Gasteiger partial charge in [-0.2, -0.15) is 0 Å². The molecule has 2 N–H and O–H groups in total. The van der Waals surface area contributed by atoms with Gasteiger partial charge in [0.1, 0.15) is 12.9 Å². The van der Waals surface area contributed by atoms with Crippen LogP contribution in [0.25, 0.3) is 5.69 Å². The molecule has 0 spiro atoms. The molecule has 2 aromatic carbocycles. The summed E-state index contributed by atoms with van der Waals surface area (Å²) in [5.74, 6) is 1.60. The van der Waals surface area contributed by atoms with Crippen molar-refractivity contribution in [2.75, 3.05) is 6.54 Å². The number of aliphatic imine (C=N–C) groups is 1. The van der Waals surface area contributed by atoms with Gasteiger partial charge in [-0.25, -0.2) is 4.99 Å². The van der Waals surface area contributed by atoms with Crippen molar-refractivity contribution >= 4 is 29.9 Å². The van der Waals surface area contributed by atoms with E-state index in [-0.39, 0.29) is 24.0 Å². The van der Waals surface area contributed by atoms with Gasteiger partial charge in [0, 0.05) is 18.3 Å². The third-order valence-electron chi connectivity index (χ3n) is 4.47. The maximum atomic E-state index is 4.71. The lowest BCUT2D eigenvalue weighted by atomic mass is 10.1. The smallest absolute Gasteiger partial charge is 0.191 e. The summed E-state index contributed by atoms with van der Waals surface area (Å²) in [4.78, 5) is 4.71. The van der Waals surface area contributed by atoms with E-state index in [4.69, 9.17) is 4.99 Å². The highest BCUT2D eigenvalue weighted by atomic mass is 127. The van der Waals surface area contributed by atoms with Gasteiger partial charge in [0.15, 0.2) is 11.8 Å². The van der Waals surface area contributed by atoms with Crippen LogP contribution in [-0.2, 0) is 13.0 Å². The topological polar surface area (TPSA) is 67.1 Å². The van der Waals surface area contributed by atoms with Crippen LogP contribution in [0.1, 0.15) is 31.7 Å². The van der Waals surface area contributed by atoms with Crippen LogP contribution in [0.3, 0.4) is 0 Å². The van der Waals surface area contributed by atoms with E-state index in [0.29, 0.717) is 12.6 Å². The van der Waals surface area contributed by atoms with Crippen LogP contribution >= 0.6 is 24.0 Å². The summed E-state index contributed by atoms with van der Waals surface area (Å²) in [6, 6.07) is 20.9. The van der Waals surface area contributed by atoms with Crippen molar-refractivity contribution in [2.45, 2.75) is 39.3 Å². The lowest BCUT2D eigenvalue weighted by Gasteiger charge is -2.18. The highest BCUT2D eigenvalue weighted by molar-refractivity contribution is 14.0. The fourth-order valence-electron chi connectivity index (χ4n) is 2.97. The summed E-state index contributed by atoms with van der Waals surface area (Å²) in [5.41, 5.74) is 2.39. The van der Waals surface area contributed by atoms with Gasteiger partial charge in [-0.1, -0.05) is 48.5 Å². The standard InChI is InChI=1S/C22H28N6.HI/c1-3-23-22(26-18(2)14-15-19-10-6-4-7-11-19)24-16-21-27-25-17-28(21)20-12-8-5-9-13-20;/h4-13,17-18H,3,14-16H2,1-2H3,(H2,23,24,26);1H. The summed E-state index contributed by atoms with van der Waals surface area (Å²) in [6.07, 6.45) is 3.80. The molecular weight excluding hydrogens is 475 g/mol. The highest BCUT2D eigenvalue weighted by Gasteiger charge is 2.08. The fourth-order valence-corrected chi connectivity index (χ4v) is 2.97. The van der Waals surface area contributed by atoms with Gasteiger partial charge in [-0.3, -0.25) is 4.57 Å². The third-order valence-corrected chi connectivity index (χ3v) is 4.47. The highest BCUT2D eigenvalue weighted by Crippen LogP contribution is 2.10. The van der Waals surface area contributed by atoms with E-state index in [1.54, 1.807) is 6.33 Å². The van der Waals surface area contributed by atoms with E-state index in [1.807, 2.05) is 34.9 Å². The van der Waals surface area contributed by atoms with E-state index in [1.165, 1.54) is 5.56 Å². The number of hydrogen-bond acceptors (Lipinski definition) is 3. The maximum absolute atomic E-state index is 4.71. The summed E-state index contributed by atoms with van der Waals surface area (Å²) >= 11 is 0. The summed E-state index contributed by atoms with van der Waals surface area (Å²) in [5, 5.41) is 15.1. The van der Waals surface area contributed by atoms with E-state index in [2.05, 4.69) is 65.0 Å². The van der Waals surface area contributed by atoms with Crippen LogP contribution in [0.4, 0.5) is 0 Å². The molecule has 0 aliphatic carbocycles. The minimum atomic E-state index is 0. The molecule has 0 fully saturated rings. The summed E-state index contributed by atoms with van der Waals surface area (Å²) < 4.78 is 1.96. The number of hydrogen-bond donors (Lipinski definition) is 2. The minimum Gasteiger partial charge on any atom is -0.357 e. The Morgan fingerprint density at radius 2 is 1.76 bits per heavy atom. The molecule has 3 aromatic rings. The molecule has 0 saturated heterocycles. The molecule has 1 aromatic heterocycles. The van der Waals surface area contributed by atoms with E-state index in [0.717, 1.165) is 36.9 Å². The second kappa shape index (κ2) is 12.2. The van der Waals surface area contributed by atoms with Crippen LogP contribution in [-0.4, -0.2) is 33.3 Å². The van der Waals surface area contributed by atoms with Crippen LogP contribution in [0.5, 0.6) is 0 Å². The Hall–Kier alpha value is -2.42. The van der Waals surface area contributed by atoms with Crippen LogP contribution in [0, 0.1) is 0 Å². The number of rotatable bonds is 8. The monoisotopic (exact) mass is 504 g/mol. The molecular formula is C22H29IN6. The van der Waals surface area contributed by atoms with Gasteiger partial charge in [0.05, 0.1) is 0 Å². The molecule has 7 heteroatoms. The molecule has 1 atom stereocenters. The Bertz CT molecular complexity index is 863. The first kappa shape index (κ1) is 22.9. The van der Waals surface area contributed by atoms with Gasteiger partial charge in [0.2, 0.25) is 0 Å². The van der Waals surface area contributed by atoms with Crippen LogP contribution in [0.2, 0.25) is 0 Å². The van der Waals surface area contributed by atoms with Crippen molar-refractivity contribution in [1.29, 1.82) is 0 Å². The molecule has 6 nitrogen and oxygen atoms in total. The Morgan fingerprint density at radius 1 is 1.07 bits per heavy atom. The van der Waals surface area contributed by atoms with Crippen LogP contribution < -0.4 is 10.6 Å². The van der Waals surface area contributed by atoms with Gasteiger partial charge in [-0.05, 0) is 44.4 Å². The molecule has 1 heterocycles. The van der Waals surface area contributed by atoms with Crippen molar-refractivity contribution < 1.29 is 0 Å². The Morgan fingerprint density at radius 3 is 2.45 bits per heavy atom. The van der Waals surface area contributed by atoms with Crippen molar-refractivity contribution in [1.82, 2.24) is 25.4 Å².